The van der Waals surface area contributed by atoms with E-state index in [2.05, 4.69) is 5.43 Å². The molecule has 2 aromatic rings. The second kappa shape index (κ2) is 5.84. The topological polar surface area (TPSA) is 38.0 Å². The fourth-order valence-electron chi connectivity index (χ4n) is 1.83. The van der Waals surface area contributed by atoms with E-state index >= 15 is 0 Å². The lowest BCUT2D eigenvalue weighted by Gasteiger charge is -2.19. The molecule has 0 heterocycles. The second-order valence-corrected chi connectivity index (χ2v) is 4.75. The molecule has 1 atom stereocenters. The minimum absolute atomic E-state index is 0.0757. The quantitative estimate of drug-likeness (QED) is 0.668. The van der Waals surface area contributed by atoms with E-state index in [1.807, 2.05) is 0 Å². The predicted molar refractivity (Wildman–Crippen MR) is 72.0 cm³/mol. The summed E-state index contributed by atoms with van der Waals surface area (Å²) in [6.45, 7) is 0. The van der Waals surface area contributed by atoms with Crippen LogP contribution in [0.15, 0.2) is 36.4 Å². The molecule has 2 aromatic carbocycles. The molecule has 0 fully saturated rings. The zero-order valence-corrected chi connectivity index (χ0v) is 11.1. The number of nitrogens with one attached hydrogen (secondary N) is 1. The highest BCUT2D eigenvalue weighted by molar-refractivity contribution is 6.35. The Bertz CT molecular complexity index is 605. The Morgan fingerprint density at radius 3 is 2.42 bits per heavy atom. The molecule has 3 N–H and O–H groups in total. The molecule has 0 radical (unpaired) electrons. The maximum atomic E-state index is 13.8. The van der Waals surface area contributed by atoms with E-state index in [9.17, 15) is 8.78 Å². The highest BCUT2D eigenvalue weighted by atomic mass is 35.5. The van der Waals surface area contributed by atoms with E-state index < -0.39 is 17.7 Å². The Balaban J connectivity index is 2.53. The summed E-state index contributed by atoms with van der Waals surface area (Å²) >= 11 is 11.8. The Morgan fingerprint density at radius 1 is 1.05 bits per heavy atom. The summed E-state index contributed by atoms with van der Waals surface area (Å²) in [5.41, 5.74) is 3.02. The average Bonchev–Trinajstić information content (AvgIpc) is 2.37. The van der Waals surface area contributed by atoms with Crippen molar-refractivity contribution in [1.82, 2.24) is 5.43 Å². The van der Waals surface area contributed by atoms with Crippen LogP contribution in [0.2, 0.25) is 10.0 Å². The average molecular weight is 303 g/mol. The van der Waals surface area contributed by atoms with Gasteiger partial charge in [0.1, 0.15) is 0 Å². The molecule has 0 spiro atoms. The van der Waals surface area contributed by atoms with Gasteiger partial charge >= 0.3 is 0 Å². The molecule has 0 aliphatic carbocycles. The van der Waals surface area contributed by atoms with Crippen LogP contribution in [0.3, 0.4) is 0 Å². The van der Waals surface area contributed by atoms with Crippen molar-refractivity contribution in [1.29, 1.82) is 0 Å². The van der Waals surface area contributed by atoms with Crippen LogP contribution in [0.4, 0.5) is 8.78 Å². The van der Waals surface area contributed by atoms with Gasteiger partial charge in [-0.25, -0.2) is 14.2 Å². The Morgan fingerprint density at radius 2 is 1.79 bits per heavy atom. The van der Waals surface area contributed by atoms with Crippen molar-refractivity contribution in [3.8, 4) is 0 Å². The van der Waals surface area contributed by atoms with Crippen LogP contribution in [-0.4, -0.2) is 0 Å². The molecule has 100 valence electrons. The largest absolute Gasteiger partial charge is 0.271 e. The first-order chi connectivity index (χ1) is 9.04. The number of nitrogens with two attached hydrogens (primary N) is 1. The highest BCUT2D eigenvalue weighted by Crippen LogP contribution is 2.31. The van der Waals surface area contributed by atoms with Crippen molar-refractivity contribution in [3.05, 3.63) is 69.2 Å². The van der Waals surface area contributed by atoms with Gasteiger partial charge in [-0.15, -0.1) is 0 Å². The van der Waals surface area contributed by atoms with E-state index in [1.54, 1.807) is 12.1 Å². The first kappa shape index (κ1) is 14.2. The summed E-state index contributed by atoms with van der Waals surface area (Å²) in [4.78, 5) is 0. The summed E-state index contributed by atoms with van der Waals surface area (Å²) in [6, 6.07) is 7.84. The molecule has 0 aliphatic rings. The lowest BCUT2D eigenvalue weighted by atomic mass is 9.98. The summed E-state index contributed by atoms with van der Waals surface area (Å²) in [6.07, 6.45) is 0. The molecule has 0 saturated heterocycles. The lowest BCUT2D eigenvalue weighted by Crippen LogP contribution is -2.30. The minimum Gasteiger partial charge on any atom is -0.271 e. The number of hydrogen-bond acceptors (Lipinski definition) is 2. The van der Waals surface area contributed by atoms with Crippen LogP contribution >= 0.6 is 23.2 Å². The first-order valence-corrected chi connectivity index (χ1v) is 6.15. The van der Waals surface area contributed by atoms with Gasteiger partial charge in [0, 0.05) is 15.6 Å². The Hall–Kier alpha value is -1.20. The van der Waals surface area contributed by atoms with Crippen LogP contribution < -0.4 is 11.3 Å². The van der Waals surface area contributed by atoms with Crippen molar-refractivity contribution < 1.29 is 8.78 Å². The minimum atomic E-state index is -0.962. The molecule has 19 heavy (non-hydrogen) atoms. The fraction of sp³-hybridized carbons (Fsp3) is 0.0769. The summed E-state index contributed by atoms with van der Waals surface area (Å²) in [5, 5.41) is 0.767. The number of halogens is 4. The number of hydrogen-bond donors (Lipinski definition) is 2. The monoisotopic (exact) mass is 302 g/mol. The smallest absolute Gasteiger partial charge is 0.163 e. The van der Waals surface area contributed by atoms with Crippen molar-refractivity contribution >= 4 is 23.2 Å². The van der Waals surface area contributed by atoms with E-state index in [0.29, 0.717) is 15.6 Å². The van der Waals surface area contributed by atoms with E-state index in [1.165, 1.54) is 18.2 Å². The molecule has 0 bridgehead atoms. The van der Waals surface area contributed by atoms with Crippen LogP contribution in [0.25, 0.3) is 0 Å². The van der Waals surface area contributed by atoms with E-state index in [-0.39, 0.29) is 5.56 Å². The van der Waals surface area contributed by atoms with Crippen LogP contribution in [0.1, 0.15) is 17.2 Å². The van der Waals surface area contributed by atoms with Gasteiger partial charge in [0.2, 0.25) is 0 Å². The van der Waals surface area contributed by atoms with Crippen LogP contribution in [0, 0.1) is 11.6 Å². The maximum absolute atomic E-state index is 13.8. The van der Waals surface area contributed by atoms with Gasteiger partial charge < -0.3 is 0 Å². The maximum Gasteiger partial charge on any atom is 0.163 e. The first-order valence-electron chi connectivity index (χ1n) is 5.39. The summed E-state index contributed by atoms with van der Waals surface area (Å²) < 4.78 is 27.1. The lowest BCUT2D eigenvalue weighted by molar-refractivity contribution is 0.483. The fourth-order valence-corrected chi connectivity index (χ4v) is 2.34. The molecular weight excluding hydrogens is 293 g/mol. The predicted octanol–water partition coefficient (Wildman–Crippen LogP) is 3.82. The standard InChI is InChI=1S/C13H10Cl2F2N2/c14-7-4-5-8(10(15)6-7)13(19-18)9-2-1-3-11(16)12(9)17/h1-6,13,19H,18H2. The third-order valence-corrected chi connectivity index (χ3v) is 3.30. The third kappa shape index (κ3) is 2.87. The van der Waals surface area contributed by atoms with Crippen LogP contribution in [0.5, 0.6) is 0 Å². The van der Waals surface area contributed by atoms with Crippen molar-refractivity contribution in [2.75, 3.05) is 0 Å². The number of rotatable bonds is 3. The number of benzene rings is 2. The second-order valence-electron chi connectivity index (χ2n) is 3.91. The number of hydrazine groups is 1. The van der Waals surface area contributed by atoms with Gasteiger partial charge in [-0.1, -0.05) is 41.4 Å². The van der Waals surface area contributed by atoms with Gasteiger partial charge in [-0.2, -0.15) is 0 Å². The normalized spacial score (nSPS) is 12.5. The Kier molecular flexibility index (Phi) is 4.37. The van der Waals surface area contributed by atoms with E-state index in [4.69, 9.17) is 29.0 Å². The summed E-state index contributed by atoms with van der Waals surface area (Å²) in [7, 11) is 0. The van der Waals surface area contributed by atoms with Gasteiger partial charge in [0.05, 0.1) is 6.04 Å². The van der Waals surface area contributed by atoms with Gasteiger partial charge in [0.25, 0.3) is 0 Å². The molecule has 2 rings (SSSR count). The molecule has 0 aliphatic heterocycles. The van der Waals surface area contributed by atoms with E-state index in [0.717, 1.165) is 6.07 Å². The van der Waals surface area contributed by atoms with Gasteiger partial charge in [-0.3, -0.25) is 5.84 Å². The van der Waals surface area contributed by atoms with Crippen molar-refractivity contribution in [2.45, 2.75) is 6.04 Å². The van der Waals surface area contributed by atoms with Gasteiger partial charge in [0.15, 0.2) is 11.6 Å². The van der Waals surface area contributed by atoms with Gasteiger partial charge in [-0.05, 0) is 23.8 Å². The molecule has 0 saturated carbocycles. The summed E-state index contributed by atoms with van der Waals surface area (Å²) in [5.74, 6) is 3.53. The van der Waals surface area contributed by atoms with Crippen LogP contribution in [-0.2, 0) is 0 Å². The molecule has 0 amide bonds. The zero-order chi connectivity index (χ0) is 14.0. The Labute approximate surface area is 119 Å². The molecular formula is C13H10Cl2F2N2. The molecule has 0 aromatic heterocycles. The molecule has 6 heteroatoms. The van der Waals surface area contributed by atoms with Crippen molar-refractivity contribution in [2.24, 2.45) is 5.84 Å². The zero-order valence-electron chi connectivity index (χ0n) is 9.63. The molecule has 2 nitrogen and oxygen atoms in total. The third-order valence-electron chi connectivity index (χ3n) is 2.73. The highest BCUT2D eigenvalue weighted by Gasteiger charge is 2.21. The van der Waals surface area contributed by atoms with Crippen molar-refractivity contribution in [3.63, 3.8) is 0 Å². The SMILES string of the molecule is NNC(c1ccc(Cl)cc1Cl)c1cccc(F)c1F. The molecule has 1 unspecified atom stereocenters.